The molecule has 0 spiro atoms. The standard InChI is InChI=1S/C13H26N2O2.ClH/c1-17-10-9-14-11-13(16)15-8-7-12-5-3-2-4-6-12;/h12,14H,2-11H2,1H3,(H,15,16);1H. The molecule has 1 aliphatic carbocycles. The minimum atomic E-state index is 0. The summed E-state index contributed by atoms with van der Waals surface area (Å²) in [5, 5.41) is 6.00. The minimum absolute atomic E-state index is 0. The number of nitrogens with one attached hydrogen (secondary N) is 2. The molecule has 0 aromatic heterocycles. The lowest BCUT2D eigenvalue weighted by molar-refractivity contribution is -0.120. The predicted molar refractivity (Wildman–Crippen MR) is 76.2 cm³/mol. The molecule has 4 nitrogen and oxygen atoms in total. The van der Waals surface area contributed by atoms with Crippen LogP contribution in [0.15, 0.2) is 0 Å². The Morgan fingerprint density at radius 1 is 1.22 bits per heavy atom. The Kier molecular flexibility index (Phi) is 11.5. The molecule has 108 valence electrons. The van der Waals surface area contributed by atoms with E-state index in [9.17, 15) is 4.79 Å². The first-order valence-corrected chi connectivity index (χ1v) is 6.79. The van der Waals surface area contributed by atoms with Gasteiger partial charge in [0, 0.05) is 20.2 Å². The molecular weight excluding hydrogens is 252 g/mol. The van der Waals surface area contributed by atoms with Gasteiger partial charge in [-0.25, -0.2) is 0 Å². The fraction of sp³-hybridized carbons (Fsp3) is 0.923. The number of carbonyl (C=O) groups excluding carboxylic acids is 1. The van der Waals surface area contributed by atoms with Crippen LogP contribution in [-0.2, 0) is 9.53 Å². The van der Waals surface area contributed by atoms with Crippen molar-refractivity contribution in [2.24, 2.45) is 5.92 Å². The van der Waals surface area contributed by atoms with Crippen LogP contribution in [0.2, 0.25) is 0 Å². The quantitative estimate of drug-likeness (QED) is 0.665. The van der Waals surface area contributed by atoms with Crippen LogP contribution in [0.1, 0.15) is 38.5 Å². The van der Waals surface area contributed by atoms with Crippen LogP contribution in [0.3, 0.4) is 0 Å². The summed E-state index contributed by atoms with van der Waals surface area (Å²) in [7, 11) is 1.66. The van der Waals surface area contributed by atoms with Crippen molar-refractivity contribution in [1.29, 1.82) is 0 Å². The third-order valence-electron chi connectivity index (χ3n) is 3.37. The fourth-order valence-corrected chi connectivity index (χ4v) is 2.33. The molecule has 0 saturated heterocycles. The zero-order valence-corrected chi connectivity index (χ0v) is 12.2. The highest BCUT2D eigenvalue weighted by atomic mass is 35.5. The Balaban J connectivity index is 0.00000289. The molecule has 0 atom stereocenters. The van der Waals surface area contributed by atoms with Gasteiger partial charge in [0.05, 0.1) is 13.2 Å². The van der Waals surface area contributed by atoms with Crippen LogP contribution >= 0.6 is 12.4 Å². The second-order valence-electron chi connectivity index (χ2n) is 4.81. The maximum atomic E-state index is 11.4. The molecule has 18 heavy (non-hydrogen) atoms. The van der Waals surface area contributed by atoms with Gasteiger partial charge < -0.3 is 15.4 Å². The van der Waals surface area contributed by atoms with Crippen molar-refractivity contribution < 1.29 is 9.53 Å². The molecule has 0 heterocycles. The number of rotatable bonds is 8. The van der Waals surface area contributed by atoms with Crippen LogP contribution in [0.5, 0.6) is 0 Å². The van der Waals surface area contributed by atoms with Crippen LogP contribution in [-0.4, -0.2) is 39.3 Å². The fourth-order valence-electron chi connectivity index (χ4n) is 2.33. The molecule has 1 saturated carbocycles. The molecule has 0 bridgehead atoms. The van der Waals surface area contributed by atoms with Gasteiger partial charge in [0.2, 0.25) is 5.91 Å². The lowest BCUT2D eigenvalue weighted by Gasteiger charge is -2.21. The number of carbonyl (C=O) groups is 1. The Bertz CT molecular complexity index is 209. The first kappa shape index (κ1) is 17.7. The summed E-state index contributed by atoms with van der Waals surface area (Å²) >= 11 is 0. The first-order valence-electron chi connectivity index (χ1n) is 6.79. The highest BCUT2D eigenvalue weighted by molar-refractivity contribution is 5.85. The van der Waals surface area contributed by atoms with Gasteiger partial charge in [-0.3, -0.25) is 4.79 Å². The van der Waals surface area contributed by atoms with Crippen LogP contribution in [0, 0.1) is 5.92 Å². The van der Waals surface area contributed by atoms with Crippen molar-refractivity contribution in [2.45, 2.75) is 38.5 Å². The Morgan fingerprint density at radius 2 is 1.94 bits per heavy atom. The van der Waals surface area contributed by atoms with E-state index in [1.807, 2.05) is 0 Å². The van der Waals surface area contributed by atoms with E-state index in [-0.39, 0.29) is 18.3 Å². The van der Waals surface area contributed by atoms with Gasteiger partial charge in [-0.15, -0.1) is 12.4 Å². The summed E-state index contributed by atoms with van der Waals surface area (Å²) in [6.07, 6.45) is 7.98. The summed E-state index contributed by atoms with van der Waals surface area (Å²) in [5.74, 6) is 0.933. The van der Waals surface area contributed by atoms with E-state index < -0.39 is 0 Å². The lowest BCUT2D eigenvalue weighted by Crippen LogP contribution is -2.36. The highest BCUT2D eigenvalue weighted by Crippen LogP contribution is 2.25. The van der Waals surface area contributed by atoms with E-state index in [2.05, 4.69) is 10.6 Å². The normalized spacial score (nSPS) is 16.1. The summed E-state index contributed by atoms with van der Waals surface area (Å²) in [5.41, 5.74) is 0. The van der Waals surface area contributed by atoms with Crippen molar-refractivity contribution in [3.05, 3.63) is 0 Å². The number of hydrogen-bond acceptors (Lipinski definition) is 3. The smallest absolute Gasteiger partial charge is 0.233 e. The van der Waals surface area contributed by atoms with Crippen molar-refractivity contribution in [1.82, 2.24) is 10.6 Å². The zero-order valence-electron chi connectivity index (χ0n) is 11.4. The maximum Gasteiger partial charge on any atom is 0.233 e. The van der Waals surface area contributed by atoms with Gasteiger partial charge in [0.25, 0.3) is 0 Å². The Morgan fingerprint density at radius 3 is 2.61 bits per heavy atom. The van der Waals surface area contributed by atoms with Gasteiger partial charge in [-0.1, -0.05) is 32.1 Å². The summed E-state index contributed by atoms with van der Waals surface area (Å²) in [6.45, 7) is 2.60. The zero-order chi connectivity index (χ0) is 12.3. The van der Waals surface area contributed by atoms with Crippen LogP contribution in [0.25, 0.3) is 0 Å². The molecule has 1 aliphatic rings. The van der Waals surface area contributed by atoms with Crippen molar-refractivity contribution in [3.63, 3.8) is 0 Å². The number of amides is 1. The number of hydrogen-bond donors (Lipinski definition) is 2. The topological polar surface area (TPSA) is 50.4 Å². The van der Waals surface area contributed by atoms with Crippen molar-refractivity contribution in [3.8, 4) is 0 Å². The van der Waals surface area contributed by atoms with E-state index >= 15 is 0 Å². The monoisotopic (exact) mass is 278 g/mol. The number of halogens is 1. The lowest BCUT2D eigenvalue weighted by atomic mass is 9.87. The third-order valence-corrected chi connectivity index (χ3v) is 3.37. The Labute approximate surface area is 117 Å². The Hall–Kier alpha value is -0.320. The molecule has 0 unspecified atom stereocenters. The van der Waals surface area contributed by atoms with Gasteiger partial charge in [-0.2, -0.15) is 0 Å². The van der Waals surface area contributed by atoms with Crippen molar-refractivity contribution in [2.75, 3.05) is 33.4 Å². The molecule has 0 radical (unpaired) electrons. The van der Waals surface area contributed by atoms with Gasteiger partial charge in [0.15, 0.2) is 0 Å². The van der Waals surface area contributed by atoms with E-state index in [4.69, 9.17) is 4.74 Å². The van der Waals surface area contributed by atoms with Gasteiger partial charge in [-0.05, 0) is 12.3 Å². The largest absolute Gasteiger partial charge is 0.383 e. The molecule has 2 N–H and O–H groups in total. The molecule has 1 rings (SSSR count). The molecule has 0 aromatic rings. The second-order valence-corrected chi connectivity index (χ2v) is 4.81. The van der Waals surface area contributed by atoms with Crippen molar-refractivity contribution >= 4 is 18.3 Å². The molecular formula is C13H27ClN2O2. The SMILES string of the molecule is COCCNCC(=O)NCCC1CCCCC1.Cl. The minimum Gasteiger partial charge on any atom is -0.383 e. The number of ether oxygens (including phenoxy) is 1. The van der Waals surface area contributed by atoms with Gasteiger partial charge in [0.1, 0.15) is 0 Å². The molecule has 1 amide bonds. The molecule has 5 heteroatoms. The second kappa shape index (κ2) is 11.8. The predicted octanol–water partition coefficient (Wildman–Crippen LogP) is 1.73. The average molecular weight is 279 g/mol. The molecule has 1 fully saturated rings. The summed E-state index contributed by atoms with van der Waals surface area (Å²) in [6, 6.07) is 0. The van der Waals surface area contributed by atoms with Gasteiger partial charge >= 0.3 is 0 Å². The van der Waals surface area contributed by atoms with Crippen LogP contribution < -0.4 is 10.6 Å². The van der Waals surface area contributed by atoms with E-state index in [1.165, 1.54) is 32.1 Å². The number of methoxy groups -OCH3 is 1. The van der Waals surface area contributed by atoms with E-state index in [1.54, 1.807) is 7.11 Å². The summed E-state index contributed by atoms with van der Waals surface area (Å²) < 4.78 is 4.89. The van der Waals surface area contributed by atoms with Crippen LogP contribution in [0.4, 0.5) is 0 Å². The molecule has 0 aromatic carbocycles. The first-order chi connectivity index (χ1) is 8.33. The highest BCUT2D eigenvalue weighted by Gasteiger charge is 2.12. The third kappa shape index (κ3) is 8.72. The summed E-state index contributed by atoms with van der Waals surface area (Å²) in [4.78, 5) is 11.4. The van der Waals surface area contributed by atoms with E-state index in [0.29, 0.717) is 13.2 Å². The van der Waals surface area contributed by atoms with E-state index in [0.717, 1.165) is 25.4 Å². The maximum absolute atomic E-state index is 11.4. The average Bonchev–Trinajstić information content (AvgIpc) is 2.36. The molecule has 0 aliphatic heterocycles.